The topological polar surface area (TPSA) is 84.3 Å². The number of aliphatic hydroxyl groups excluding tert-OH is 1. The number of rotatable bonds is 5. The van der Waals surface area contributed by atoms with Crippen molar-refractivity contribution in [3.8, 4) is 5.88 Å². The Hall–Kier alpha value is -3.06. The van der Waals surface area contributed by atoms with Crippen LogP contribution in [-0.4, -0.2) is 34.2 Å². The Bertz CT molecular complexity index is 1000. The first-order valence-corrected chi connectivity index (χ1v) is 9.09. The van der Waals surface area contributed by atoms with Crippen LogP contribution in [0.4, 0.5) is 4.39 Å². The molecule has 6 nitrogen and oxygen atoms in total. The molecule has 1 aromatic carbocycles. The summed E-state index contributed by atoms with van der Waals surface area (Å²) in [4.78, 5) is 21.2. The number of para-hydroxylation sites is 1. The number of methoxy groups -OCH3 is 1. The van der Waals surface area contributed by atoms with E-state index >= 15 is 0 Å². The van der Waals surface area contributed by atoms with Crippen molar-refractivity contribution < 1.29 is 19.0 Å². The number of benzene rings is 1. The molecular weight excluding hydrogens is 361 g/mol. The Labute approximate surface area is 161 Å². The van der Waals surface area contributed by atoms with Crippen LogP contribution in [0, 0.1) is 11.7 Å². The van der Waals surface area contributed by atoms with Gasteiger partial charge in [-0.15, -0.1) is 0 Å². The number of nitrogens with zero attached hydrogens (tertiary/aromatic N) is 2. The summed E-state index contributed by atoms with van der Waals surface area (Å²) < 4.78 is 19.1. The number of hydrogen-bond donors (Lipinski definition) is 2. The molecule has 0 spiro atoms. The van der Waals surface area contributed by atoms with Crippen LogP contribution in [0.15, 0.2) is 48.7 Å². The quantitative estimate of drug-likeness (QED) is 0.710. The predicted molar refractivity (Wildman–Crippen MR) is 101 cm³/mol. The van der Waals surface area contributed by atoms with E-state index in [1.807, 2.05) is 6.07 Å². The molecule has 1 atom stereocenters. The number of fused-ring (bicyclic) bond motifs is 1. The molecule has 1 aliphatic carbocycles. The molecule has 0 bridgehead atoms. The lowest BCUT2D eigenvalue weighted by Gasteiger charge is -2.38. The van der Waals surface area contributed by atoms with Gasteiger partial charge in [0, 0.05) is 17.6 Å². The van der Waals surface area contributed by atoms with Crippen molar-refractivity contribution in [3.05, 3.63) is 65.7 Å². The summed E-state index contributed by atoms with van der Waals surface area (Å²) in [5.74, 6) is -0.294. The van der Waals surface area contributed by atoms with Gasteiger partial charge in [0.1, 0.15) is 17.0 Å². The minimum absolute atomic E-state index is 0.0892. The van der Waals surface area contributed by atoms with Crippen molar-refractivity contribution >= 4 is 16.8 Å². The monoisotopic (exact) mass is 381 g/mol. The van der Waals surface area contributed by atoms with Crippen molar-refractivity contribution in [1.82, 2.24) is 15.3 Å². The maximum atomic E-state index is 14.0. The highest BCUT2D eigenvalue weighted by Crippen LogP contribution is 2.38. The minimum Gasteiger partial charge on any atom is -0.481 e. The average molecular weight is 381 g/mol. The molecule has 1 fully saturated rings. The van der Waals surface area contributed by atoms with Crippen LogP contribution in [0.3, 0.4) is 0 Å². The SMILES string of the molecule is COc1ccc(C(NC(=O)c2ccc3cccc(F)c3n2)C2CC(O)C2)cn1. The zero-order chi connectivity index (χ0) is 19.7. The standard InChI is InChI=1S/C21H20FN3O3/c1-28-18-8-6-13(11-23-18)19(14-9-15(26)10-14)25-21(27)17-7-5-12-3-2-4-16(22)20(12)24-17/h2-8,11,14-15,19,26H,9-10H2,1H3,(H,25,27). The second-order valence-corrected chi connectivity index (χ2v) is 6.98. The summed E-state index contributed by atoms with van der Waals surface area (Å²) in [6.07, 6.45) is 2.48. The van der Waals surface area contributed by atoms with E-state index < -0.39 is 11.7 Å². The number of halogens is 1. The van der Waals surface area contributed by atoms with E-state index in [1.165, 1.54) is 13.2 Å². The van der Waals surface area contributed by atoms with E-state index in [-0.39, 0.29) is 29.3 Å². The Morgan fingerprint density at radius 3 is 2.75 bits per heavy atom. The van der Waals surface area contributed by atoms with Crippen LogP contribution >= 0.6 is 0 Å². The fourth-order valence-electron chi connectivity index (χ4n) is 3.52. The lowest BCUT2D eigenvalue weighted by Crippen LogP contribution is -2.41. The van der Waals surface area contributed by atoms with Crippen molar-refractivity contribution in [1.29, 1.82) is 0 Å². The molecule has 7 heteroatoms. The summed E-state index contributed by atoms with van der Waals surface area (Å²) >= 11 is 0. The first-order chi connectivity index (χ1) is 13.5. The molecule has 2 aromatic heterocycles. The molecule has 1 unspecified atom stereocenters. The van der Waals surface area contributed by atoms with E-state index in [2.05, 4.69) is 15.3 Å². The molecule has 2 N–H and O–H groups in total. The zero-order valence-corrected chi connectivity index (χ0v) is 15.3. The third kappa shape index (κ3) is 3.53. The number of ether oxygens (including phenoxy) is 1. The molecule has 0 radical (unpaired) electrons. The van der Waals surface area contributed by atoms with E-state index in [0.29, 0.717) is 24.1 Å². The smallest absolute Gasteiger partial charge is 0.270 e. The summed E-state index contributed by atoms with van der Waals surface area (Å²) in [6, 6.07) is 11.2. The predicted octanol–water partition coefficient (Wildman–Crippen LogP) is 3.02. The Balaban J connectivity index is 1.60. The van der Waals surface area contributed by atoms with Gasteiger partial charge >= 0.3 is 0 Å². The third-order valence-corrected chi connectivity index (χ3v) is 5.14. The van der Waals surface area contributed by atoms with Crippen LogP contribution in [0.25, 0.3) is 10.9 Å². The first-order valence-electron chi connectivity index (χ1n) is 9.09. The normalized spacial score (nSPS) is 19.7. The summed E-state index contributed by atoms with van der Waals surface area (Å²) in [5.41, 5.74) is 1.12. The Morgan fingerprint density at radius 2 is 2.07 bits per heavy atom. The second-order valence-electron chi connectivity index (χ2n) is 6.98. The number of carbonyl (C=O) groups excluding carboxylic acids is 1. The third-order valence-electron chi connectivity index (χ3n) is 5.14. The van der Waals surface area contributed by atoms with Gasteiger partial charge in [0.25, 0.3) is 5.91 Å². The molecule has 28 heavy (non-hydrogen) atoms. The number of carbonyl (C=O) groups is 1. The highest BCUT2D eigenvalue weighted by atomic mass is 19.1. The molecule has 1 aliphatic rings. The van der Waals surface area contributed by atoms with Crippen molar-refractivity contribution in [3.63, 3.8) is 0 Å². The van der Waals surface area contributed by atoms with Crippen LogP contribution < -0.4 is 10.1 Å². The second kappa shape index (κ2) is 7.52. The van der Waals surface area contributed by atoms with Crippen molar-refractivity contribution in [2.45, 2.75) is 25.0 Å². The Morgan fingerprint density at radius 1 is 1.25 bits per heavy atom. The summed E-state index contributed by atoms with van der Waals surface area (Å²) in [5, 5.41) is 13.3. The van der Waals surface area contributed by atoms with Gasteiger partial charge < -0.3 is 15.2 Å². The molecule has 1 amide bonds. The minimum atomic E-state index is -0.467. The summed E-state index contributed by atoms with van der Waals surface area (Å²) in [7, 11) is 1.54. The zero-order valence-electron chi connectivity index (χ0n) is 15.3. The van der Waals surface area contributed by atoms with Gasteiger partial charge in [0.2, 0.25) is 5.88 Å². The van der Waals surface area contributed by atoms with Gasteiger partial charge in [-0.3, -0.25) is 4.79 Å². The van der Waals surface area contributed by atoms with Gasteiger partial charge in [-0.2, -0.15) is 0 Å². The van der Waals surface area contributed by atoms with Gasteiger partial charge in [-0.05, 0) is 36.5 Å². The Kier molecular flexibility index (Phi) is 4.92. The average Bonchev–Trinajstić information content (AvgIpc) is 2.70. The number of amides is 1. The first kappa shape index (κ1) is 18.3. The molecule has 3 aromatic rings. The van der Waals surface area contributed by atoms with E-state index in [0.717, 1.165) is 5.56 Å². The fourth-order valence-corrected chi connectivity index (χ4v) is 3.52. The largest absolute Gasteiger partial charge is 0.481 e. The number of aliphatic hydroxyl groups is 1. The molecule has 144 valence electrons. The number of hydrogen-bond acceptors (Lipinski definition) is 5. The van der Waals surface area contributed by atoms with Gasteiger partial charge in [-0.1, -0.05) is 24.3 Å². The molecule has 0 saturated heterocycles. The van der Waals surface area contributed by atoms with E-state index in [1.54, 1.807) is 36.5 Å². The van der Waals surface area contributed by atoms with Gasteiger partial charge in [0.05, 0.1) is 19.3 Å². The maximum Gasteiger partial charge on any atom is 0.270 e. The highest BCUT2D eigenvalue weighted by Gasteiger charge is 2.36. The number of nitrogens with one attached hydrogen (secondary N) is 1. The van der Waals surface area contributed by atoms with E-state index in [9.17, 15) is 14.3 Å². The van der Waals surface area contributed by atoms with Gasteiger partial charge in [0.15, 0.2) is 0 Å². The van der Waals surface area contributed by atoms with Crippen LogP contribution in [-0.2, 0) is 0 Å². The maximum absolute atomic E-state index is 14.0. The van der Waals surface area contributed by atoms with Crippen molar-refractivity contribution in [2.75, 3.05) is 7.11 Å². The molecular formula is C21H20FN3O3. The fraction of sp³-hybridized carbons (Fsp3) is 0.286. The lowest BCUT2D eigenvalue weighted by molar-refractivity contribution is 0.0234. The number of pyridine rings is 2. The van der Waals surface area contributed by atoms with E-state index in [4.69, 9.17) is 4.74 Å². The van der Waals surface area contributed by atoms with Crippen molar-refractivity contribution in [2.24, 2.45) is 5.92 Å². The molecule has 0 aliphatic heterocycles. The summed E-state index contributed by atoms with van der Waals surface area (Å²) in [6.45, 7) is 0. The van der Waals surface area contributed by atoms with Crippen LogP contribution in [0.5, 0.6) is 5.88 Å². The van der Waals surface area contributed by atoms with Crippen LogP contribution in [0.1, 0.15) is 34.9 Å². The lowest BCUT2D eigenvalue weighted by atomic mass is 9.75. The number of aromatic nitrogens is 2. The van der Waals surface area contributed by atoms with Gasteiger partial charge in [-0.25, -0.2) is 14.4 Å². The molecule has 2 heterocycles. The molecule has 1 saturated carbocycles. The van der Waals surface area contributed by atoms with Crippen LogP contribution in [0.2, 0.25) is 0 Å². The molecule has 4 rings (SSSR count). The highest BCUT2D eigenvalue weighted by molar-refractivity contribution is 5.95.